The maximum absolute atomic E-state index is 13.6. The topological polar surface area (TPSA) is 80.9 Å². The molecule has 0 saturated heterocycles. The SMILES string of the molecule is Oc1cc(F)c(O)c(-c2c(O)c(O)c(F)c(F)c2F)c1. The molecule has 0 amide bonds. The Labute approximate surface area is 108 Å². The Balaban J connectivity index is 2.91. The smallest absolute Gasteiger partial charge is 0.207 e. The van der Waals surface area contributed by atoms with E-state index in [-0.39, 0.29) is 0 Å². The fourth-order valence-corrected chi connectivity index (χ4v) is 1.66. The first kappa shape index (κ1) is 13.8. The fourth-order valence-electron chi connectivity index (χ4n) is 1.66. The van der Waals surface area contributed by atoms with Crippen molar-refractivity contribution in [3.63, 3.8) is 0 Å². The summed E-state index contributed by atoms with van der Waals surface area (Å²) in [5.41, 5.74) is -2.04. The van der Waals surface area contributed by atoms with Gasteiger partial charge in [0.05, 0.1) is 5.56 Å². The molecule has 106 valence electrons. The number of benzene rings is 2. The molecule has 0 aliphatic rings. The number of hydrogen-bond donors (Lipinski definition) is 4. The third kappa shape index (κ3) is 1.85. The lowest BCUT2D eigenvalue weighted by atomic mass is 10.0. The standard InChI is InChI=1S/C12H6F4O4/c13-5-2-3(17)1-4(10(5)18)6-7(14)8(15)9(16)12(20)11(6)19/h1-2,17-20H. The molecule has 2 rings (SSSR count). The van der Waals surface area contributed by atoms with E-state index in [4.69, 9.17) is 10.2 Å². The van der Waals surface area contributed by atoms with E-state index in [0.717, 1.165) is 0 Å². The summed E-state index contributed by atoms with van der Waals surface area (Å²) < 4.78 is 53.0. The van der Waals surface area contributed by atoms with Gasteiger partial charge in [-0.25, -0.2) is 13.2 Å². The van der Waals surface area contributed by atoms with Crippen molar-refractivity contribution in [3.05, 3.63) is 35.4 Å². The van der Waals surface area contributed by atoms with Gasteiger partial charge in [0.1, 0.15) is 5.75 Å². The number of phenols is 4. The third-order valence-electron chi connectivity index (χ3n) is 2.59. The van der Waals surface area contributed by atoms with Gasteiger partial charge in [-0.15, -0.1) is 0 Å². The van der Waals surface area contributed by atoms with Crippen LogP contribution in [0.4, 0.5) is 17.6 Å². The molecule has 0 atom stereocenters. The molecule has 4 N–H and O–H groups in total. The Kier molecular flexibility index (Phi) is 3.09. The Bertz CT molecular complexity index is 686. The van der Waals surface area contributed by atoms with Gasteiger partial charge in [0.25, 0.3) is 0 Å². The molecule has 0 spiro atoms. The highest BCUT2D eigenvalue weighted by atomic mass is 19.2. The van der Waals surface area contributed by atoms with E-state index in [1.54, 1.807) is 0 Å². The molecule has 20 heavy (non-hydrogen) atoms. The average Bonchev–Trinajstić information content (AvgIpc) is 2.39. The number of aromatic hydroxyl groups is 4. The van der Waals surface area contributed by atoms with Crippen LogP contribution in [0.3, 0.4) is 0 Å². The summed E-state index contributed by atoms with van der Waals surface area (Å²) in [6.45, 7) is 0. The highest BCUT2D eigenvalue weighted by molar-refractivity contribution is 5.79. The van der Waals surface area contributed by atoms with Crippen molar-refractivity contribution in [1.82, 2.24) is 0 Å². The van der Waals surface area contributed by atoms with Gasteiger partial charge in [0.15, 0.2) is 34.7 Å². The second-order valence-corrected chi connectivity index (χ2v) is 3.84. The van der Waals surface area contributed by atoms with Crippen molar-refractivity contribution in [1.29, 1.82) is 0 Å². The summed E-state index contributed by atoms with van der Waals surface area (Å²) in [5, 5.41) is 37.1. The summed E-state index contributed by atoms with van der Waals surface area (Å²) in [5.74, 6) is -12.5. The van der Waals surface area contributed by atoms with E-state index < -0.39 is 57.4 Å². The zero-order valence-electron chi connectivity index (χ0n) is 9.46. The average molecular weight is 290 g/mol. The molecule has 0 saturated carbocycles. The zero-order valence-corrected chi connectivity index (χ0v) is 9.46. The van der Waals surface area contributed by atoms with Gasteiger partial charge in [-0.1, -0.05) is 0 Å². The van der Waals surface area contributed by atoms with Crippen LogP contribution >= 0.6 is 0 Å². The normalized spacial score (nSPS) is 10.8. The van der Waals surface area contributed by atoms with Crippen molar-refractivity contribution in [2.45, 2.75) is 0 Å². The van der Waals surface area contributed by atoms with E-state index in [1.807, 2.05) is 0 Å². The quantitative estimate of drug-likeness (QED) is 0.282. The van der Waals surface area contributed by atoms with Gasteiger partial charge >= 0.3 is 0 Å². The van der Waals surface area contributed by atoms with Gasteiger partial charge in [0.2, 0.25) is 5.82 Å². The lowest BCUT2D eigenvalue weighted by Gasteiger charge is -2.12. The Morgan fingerprint density at radius 1 is 0.650 bits per heavy atom. The van der Waals surface area contributed by atoms with Crippen molar-refractivity contribution < 1.29 is 38.0 Å². The predicted molar refractivity (Wildman–Crippen MR) is 58.4 cm³/mol. The molecular weight excluding hydrogens is 284 g/mol. The highest BCUT2D eigenvalue weighted by Gasteiger charge is 2.28. The second-order valence-electron chi connectivity index (χ2n) is 3.84. The Morgan fingerprint density at radius 2 is 1.25 bits per heavy atom. The highest BCUT2D eigenvalue weighted by Crippen LogP contribution is 2.46. The molecule has 4 nitrogen and oxygen atoms in total. The largest absolute Gasteiger partial charge is 0.508 e. The predicted octanol–water partition coefficient (Wildman–Crippen LogP) is 2.73. The molecule has 0 heterocycles. The summed E-state index contributed by atoms with van der Waals surface area (Å²) in [4.78, 5) is 0. The van der Waals surface area contributed by atoms with Gasteiger partial charge in [-0.3, -0.25) is 0 Å². The molecule has 0 unspecified atom stereocenters. The molecule has 0 bridgehead atoms. The third-order valence-corrected chi connectivity index (χ3v) is 2.59. The molecule has 0 fully saturated rings. The zero-order chi connectivity index (χ0) is 15.2. The van der Waals surface area contributed by atoms with Crippen LogP contribution in [0.5, 0.6) is 23.0 Å². The van der Waals surface area contributed by atoms with Gasteiger partial charge < -0.3 is 20.4 Å². The van der Waals surface area contributed by atoms with E-state index in [0.29, 0.717) is 12.1 Å². The number of phenolic OH excluding ortho intramolecular Hbond substituents is 4. The summed E-state index contributed by atoms with van der Waals surface area (Å²) in [6.07, 6.45) is 0. The summed E-state index contributed by atoms with van der Waals surface area (Å²) in [7, 11) is 0. The van der Waals surface area contributed by atoms with Crippen LogP contribution in [-0.2, 0) is 0 Å². The number of rotatable bonds is 1. The van der Waals surface area contributed by atoms with Crippen molar-refractivity contribution >= 4 is 0 Å². The molecular formula is C12H6F4O4. The van der Waals surface area contributed by atoms with Crippen LogP contribution in [0.25, 0.3) is 11.1 Å². The van der Waals surface area contributed by atoms with Crippen LogP contribution in [-0.4, -0.2) is 20.4 Å². The van der Waals surface area contributed by atoms with E-state index in [9.17, 15) is 27.8 Å². The molecule has 2 aromatic carbocycles. The molecule has 8 heteroatoms. The monoisotopic (exact) mass is 290 g/mol. The first-order chi connectivity index (χ1) is 9.25. The van der Waals surface area contributed by atoms with Crippen LogP contribution in [0, 0.1) is 23.3 Å². The summed E-state index contributed by atoms with van der Waals surface area (Å²) in [6, 6.07) is 1.08. The molecule has 0 aliphatic heterocycles. The summed E-state index contributed by atoms with van der Waals surface area (Å²) >= 11 is 0. The number of halogens is 4. The molecule has 0 radical (unpaired) electrons. The van der Waals surface area contributed by atoms with Crippen LogP contribution < -0.4 is 0 Å². The minimum atomic E-state index is -2.13. The first-order valence-electron chi connectivity index (χ1n) is 5.06. The van der Waals surface area contributed by atoms with Crippen LogP contribution in [0.2, 0.25) is 0 Å². The van der Waals surface area contributed by atoms with E-state index in [2.05, 4.69) is 0 Å². The molecule has 2 aromatic rings. The molecule has 0 aliphatic carbocycles. The van der Waals surface area contributed by atoms with Crippen molar-refractivity contribution in [2.24, 2.45) is 0 Å². The van der Waals surface area contributed by atoms with E-state index in [1.165, 1.54) is 0 Å². The second kappa shape index (κ2) is 4.48. The number of hydrogen-bond acceptors (Lipinski definition) is 4. The Morgan fingerprint density at radius 3 is 1.85 bits per heavy atom. The molecule has 0 aromatic heterocycles. The van der Waals surface area contributed by atoms with Crippen LogP contribution in [0.1, 0.15) is 0 Å². The van der Waals surface area contributed by atoms with Gasteiger partial charge in [-0.2, -0.15) is 4.39 Å². The van der Waals surface area contributed by atoms with Gasteiger partial charge in [0, 0.05) is 11.6 Å². The van der Waals surface area contributed by atoms with Crippen molar-refractivity contribution in [2.75, 3.05) is 0 Å². The lowest BCUT2D eigenvalue weighted by Crippen LogP contribution is -1.97. The first-order valence-corrected chi connectivity index (χ1v) is 5.06. The fraction of sp³-hybridized carbons (Fsp3) is 0. The minimum Gasteiger partial charge on any atom is -0.508 e. The maximum Gasteiger partial charge on any atom is 0.207 e. The van der Waals surface area contributed by atoms with Gasteiger partial charge in [-0.05, 0) is 6.07 Å². The Hall–Kier alpha value is -2.64. The van der Waals surface area contributed by atoms with Crippen LogP contribution in [0.15, 0.2) is 12.1 Å². The maximum atomic E-state index is 13.6. The van der Waals surface area contributed by atoms with Crippen molar-refractivity contribution in [3.8, 4) is 34.1 Å². The lowest BCUT2D eigenvalue weighted by molar-refractivity contribution is 0.351. The minimum absolute atomic E-state index is 0.480. The van der Waals surface area contributed by atoms with E-state index >= 15 is 0 Å².